The number of hydrogen-bond donors (Lipinski definition) is 1. The molecule has 1 aliphatic heterocycles. The molecule has 1 aliphatic rings. The quantitative estimate of drug-likeness (QED) is 0.702. The lowest BCUT2D eigenvalue weighted by molar-refractivity contribution is 0.0981. The molecule has 0 unspecified atom stereocenters. The van der Waals surface area contributed by atoms with Crippen molar-refractivity contribution in [2.45, 2.75) is 11.3 Å². The van der Waals surface area contributed by atoms with Gasteiger partial charge in [0.25, 0.3) is 15.9 Å². The highest BCUT2D eigenvalue weighted by atomic mass is 35.5. The Labute approximate surface area is 166 Å². The van der Waals surface area contributed by atoms with Crippen LogP contribution < -0.4 is 14.2 Å². The first-order chi connectivity index (χ1) is 13.5. The van der Waals surface area contributed by atoms with Gasteiger partial charge in [0.05, 0.1) is 23.1 Å². The molecule has 0 radical (unpaired) electrons. The molecule has 3 aromatic rings. The summed E-state index contributed by atoms with van der Waals surface area (Å²) < 4.78 is 38.8. The lowest BCUT2D eigenvalue weighted by Crippen LogP contribution is -2.30. The number of halogens is 1. The van der Waals surface area contributed by atoms with Crippen molar-refractivity contribution in [3.8, 4) is 11.5 Å². The van der Waals surface area contributed by atoms with E-state index in [0.717, 1.165) is 0 Å². The molecule has 2 aromatic carbocycles. The van der Waals surface area contributed by atoms with Crippen molar-refractivity contribution in [1.29, 1.82) is 0 Å². The van der Waals surface area contributed by atoms with Gasteiger partial charge in [0, 0.05) is 35.2 Å². The van der Waals surface area contributed by atoms with Crippen LogP contribution in [-0.4, -0.2) is 32.5 Å². The number of carbonyl (C=O) groups is 1. The average molecular weight is 419 g/mol. The normalized spacial score (nSPS) is 13.8. The van der Waals surface area contributed by atoms with Crippen molar-refractivity contribution >= 4 is 38.3 Å². The highest BCUT2D eigenvalue weighted by molar-refractivity contribution is 7.90. The Morgan fingerprint density at radius 3 is 2.82 bits per heavy atom. The third-order valence-electron chi connectivity index (χ3n) is 4.22. The summed E-state index contributed by atoms with van der Waals surface area (Å²) in [6.45, 7) is 0.860. The summed E-state index contributed by atoms with van der Waals surface area (Å²) in [5.41, 5.74) is 0.0553. The maximum Gasteiger partial charge on any atom is 0.265 e. The Balaban J connectivity index is 1.68. The number of nitrogens with zero attached hydrogens (tertiary/aromatic N) is 1. The molecule has 7 nitrogen and oxygen atoms in total. The molecule has 0 bridgehead atoms. The van der Waals surface area contributed by atoms with Crippen LogP contribution in [0.2, 0.25) is 5.02 Å². The molecule has 0 spiro atoms. The summed E-state index contributed by atoms with van der Waals surface area (Å²) in [5, 5.41) is 1.30. The second kappa shape index (κ2) is 7.29. The molecule has 2 heterocycles. The van der Waals surface area contributed by atoms with Gasteiger partial charge in [-0.1, -0.05) is 23.7 Å². The van der Waals surface area contributed by atoms with E-state index in [4.69, 9.17) is 21.1 Å². The van der Waals surface area contributed by atoms with Gasteiger partial charge in [-0.05, 0) is 24.3 Å². The first-order valence-electron chi connectivity index (χ1n) is 8.45. The molecule has 4 rings (SSSR count). The zero-order chi connectivity index (χ0) is 19.7. The smallest absolute Gasteiger partial charge is 0.265 e. The summed E-state index contributed by atoms with van der Waals surface area (Å²) in [6, 6.07) is 9.12. The predicted octanol–water partition coefficient (Wildman–Crippen LogP) is 3.17. The van der Waals surface area contributed by atoms with Gasteiger partial charge in [0.2, 0.25) is 0 Å². The van der Waals surface area contributed by atoms with Gasteiger partial charge in [0.1, 0.15) is 0 Å². The zero-order valence-electron chi connectivity index (χ0n) is 14.5. The monoisotopic (exact) mass is 418 g/mol. The van der Waals surface area contributed by atoms with Crippen LogP contribution in [-0.2, 0) is 10.0 Å². The Morgan fingerprint density at radius 1 is 1.14 bits per heavy atom. The second-order valence-electron chi connectivity index (χ2n) is 6.12. The van der Waals surface area contributed by atoms with E-state index in [1.807, 2.05) is 0 Å². The number of carbonyl (C=O) groups excluding carboxylic acids is 1. The standard InChI is InChI=1S/C19H15ClN2O5S/c20-15-9-13(10-16-18(15)27-8-2-7-26-16)19(23)22-28(24,25)17-4-1-3-12-11-21-6-5-14(12)17/h1,3-6,9-11H,2,7-8H2,(H,22,23). The van der Waals surface area contributed by atoms with Gasteiger partial charge in [0.15, 0.2) is 11.5 Å². The van der Waals surface area contributed by atoms with E-state index < -0.39 is 15.9 Å². The first kappa shape index (κ1) is 18.5. The minimum absolute atomic E-state index is 0.0128. The summed E-state index contributed by atoms with van der Waals surface area (Å²) in [6.07, 6.45) is 3.73. The average Bonchev–Trinajstić information content (AvgIpc) is 2.93. The SMILES string of the molecule is O=C(NS(=O)(=O)c1cccc2cnccc12)c1cc(Cl)c2c(c1)OCCCO2. The summed E-state index contributed by atoms with van der Waals surface area (Å²) in [5.74, 6) is -0.160. The summed E-state index contributed by atoms with van der Waals surface area (Å²) >= 11 is 6.19. The molecule has 9 heteroatoms. The number of nitrogens with one attached hydrogen (secondary N) is 1. The molecule has 144 valence electrons. The number of pyridine rings is 1. The number of fused-ring (bicyclic) bond motifs is 2. The van der Waals surface area contributed by atoms with E-state index in [-0.39, 0.29) is 15.5 Å². The Morgan fingerprint density at radius 2 is 1.96 bits per heavy atom. The number of ether oxygens (including phenoxy) is 2. The van der Waals surface area contributed by atoms with Crippen molar-refractivity contribution in [3.63, 3.8) is 0 Å². The fraction of sp³-hybridized carbons (Fsp3) is 0.158. The van der Waals surface area contributed by atoms with Crippen molar-refractivity contribution in [2.75, 3.05) is 13.2 Å². The summed E-state index contributed by atoms with van der Waals surface area (Å²) in [7, 11) is -4.12. The fourth-order valence-corrected chi connectivity index (χ4v) is 4.40. The molecule has 28 heavy (non-hydrogen) atoms. The van der Waals surface area contributed by atoms with E-state index in [2.05, 4.69) is 9.71 Å². The maximum atomic E-state index is 12.8. The van der Waals surface area contributed by atoms with E-state index >= 15 is 0 Å². The lowest BCUT2D eigenvalue weighted by Gasteiger charge is -2.13. The number of hydrogen-bond acceptors (Lipinski definition) is 6. The van der Waals surface area contributed by atoms with Crippen LogP contribution in [0.3, 0.4) is 0 Å². The van der Waals surface area contributed by atoms with Crippen LogP contribution in [0.4, 0.5) is 0 Å². The minimum Gasteiger partial charge on any atom is -0.489 e. The molecule has 0 saturated carbocycles. The third kappa shape index (κ3) is 3.48. The van der Waals surface area contributed by atoms with Gasteiger partial charge >= 0.3 is 0 Å². The molecule has 1 aromatic heterocycles. The molecule has 0 atom stereocenters. The Kier molecular flexibility index (Phi) is 4.82. The molecule has 1 amide bonds. The van der Waals surface area contributed by atoms with Crippen LogP contribution in [0.5, 0.6) is 11.5 Å². The molecule has 1 N–H and O–H groups in total. The molecule has 0 fully saturated rings. The predicted molar refractivity (Wildman–Crippen MR) is 103 cm³/mol. The van der Waals surface area contributed by atoms with E-state index in [0.29, 0.717) is 41.9 Å². The largest absolute Gasteiger partial charge is 0.489 e. The van der Waals surface area contributed by atoms with Crippen LogP contribution in [0.1, 0.15) is 16.8 Å². The fourth-order valence-electron chi connectivity index (χ4n) is 2.92. The number of rotatable bonds is 3. The number of benzene rings is 2. The topological polar surface area (TPSA) is 94.6 Å². The number of aromatic nitrogens is 1. The van der Waals surface area contributed by atoms with Crippen LogP contribution in [0, 0.1) is 0 Å². The second-order valence-corrected chi connectivity index (χ2v) is 8.18. The highest BCUT2D eigenvalue weighted by Crippen LogP contribution is 2.38. The van der Waals surface area contributed by atoms with Crippen LogP contribution in [0.25, 0.3) is 10.8 Å². The highest BCUT2D eigenvalue weighted by Gasteiger charge is 2.24. The van der Waals surface area contributed by atoms with Gasteiger partial charge in [-0.25, -0.2) is 13.1 Å². The van der Waals surface area contributed by atoms with E-state index in [9.17, 15) is 13.2 Å². The molecule has 0 aliphatic carbocycles. The van der Waals surface area contributed by atoms with Crippen molar-refractivity contribution in [3.05, 3.63) is 59.4 Å². The van der Waals surface area contributed by atoms with Crippen molar-refractivity contribution in [1.82, 2.24) is 9.71 Å². The first-order valence-corrected chi connectivity index (χ1v) is 10.3. The van der Waals surface area contributed by atoms with Gasteiger partial charge < -0.3 is 9.47 Å². The molecular weight excluding hydrogens is 404 g/mol. The zero-order valence-corrected chi connectivity index (χ0v) is 16.1. The van der Waals surface area contributed by atoms with Crippen molar-refractivity contribution < 1.29 is 22.7 Å². The van der Waals surface area contributed by atoms with Crippen LogP contribution in [0.15, 0.2) is 53.7 Å². The lowest BCUT2D eigenvalue weighted by atomic mass is 10.2. The number of amides is 1. The van der Waals surface area contributed by atoms with E-state index in [1.54, 1.807) is 24.4 Å². The van der Waals surface area contributed by atoms with Gasteiger partial charge in [-0.3, -0.25) is 9.78 Å². The Bertz CT molecular complexity index is 1170. The number of sulfonamides is 1. The van der Waals surface area contributed by atoms with Crippen LogP contribution >= 0.6 is 11.6 Å². The molecule has 0 saturated heterocycles. The summed E-state index contributed by atoms with van der Waals surface area (Å²) in [4.78, 5) is 16.6. The maximum absolute atomic E-state index is 12.8. The molecular formula is C19H15ClN2O5S. The van der Waals surface area contributed by atoms with E-state index in [1.165, 1.54) is 24.4 Å². The third-order valence-corrected chi connectivity index (χ3v) is 5.89. The van der Waals surface area contributed by atoms with Crippen molar-refractivity contribution in [2.24, 2.45) is 0 Å². The Hall–Kier alpha value is -2.84. The van der Waals surface area contributed by atoms with Gasteiger partial charge in [-0.15, -0.1) is 0 Å². The van der Waals surface area contributed by atoms with Gasteiger partial charge in [-0.2, -0.15) is 0 Å². The minimum atomic E-state index is -4.12.